The maximum absolute atomic E-state index is 12.5. The van der Waals surface area contributed by atoms with Crippen LogP contribution in [0.4, 0.5) is 0 Å². The Hall–Kier alpha value is -1.53. The maximum Gasteiger partial charge on any atom is 0.331 e. The van der Waals surface area contributed by atoms with Gasteiger partial charge in [0.1, 0.15) is 55.4 Å². The molecule has 3 saturated carbocycles. The van der Waals surface area contributed by atoms with Crippen molar-refractivity contribution < 1.29 is 69.3 Å². The first-order valence-corrected chi connectivity index (χ1v) is 17.8. The van der Waals surface area contributed by atoms with Crippen LogP contribution in [0.15, 0.2) is 23.3 Å². The third-order valence-electron chi connectivity index (χ3n) is 13.7. The van der Waals surface area contributed by atoms with Crippen molar-refractivity contribution >= 4 is 5.97 Å². The number of allylic oxidation sites excluding steroid dienone is 1. The summed E-state index contributed by atoms with van der Waals surface area (Å²) in [6.07, 6.45) is -5.59. The van der Waals surface area contributed by atoms with Gasteiger partial charge in [-0.2, -0.15) is 0 Å². The lowest BCUT2D eigenvalue weighted by Gasteiger charge is -2.61. The van der Waals surface area contributed by atoms with Gasteiger partial charge in [-0.15, -0.1) is 0 Å². The first-order valence-electron chi connectivity index (χ1n) is 17.8. The summed E-state index contributed by atoms with van der Waals surface area (Å²) in [6.45, 7) is 3.49. The van der Waals surface area contributed by atoms with Gasteiger partial charge >= 0.3 is 5.97 Å². The van der Waals surface area contributed by atoms with Crippen molar-refractivity contribution in [1.82, 2.24) is 0 Å². The van der Waals surface area contributed by atoms with Crippen LogP contribution in [-0.2, 0) is 28.5 Å². The summed E-state index contributed by atoms with van der Waals surface area (Å²) in [4.78, 5) is 11.9. The predicted octanol–water partition coefficient (Wildman–Crippen LogP) is -0.827. The minimum Gasteiger partial charge on any atom is -0.458 e. The van der Waals surface area contributed by atoms with E-state index in [1.807, 2.05) is 0 Å². The molecule has 14 heteroatoms. The second-order valence-electron chi connectivity index (χ2n) is 15.9. The van der Waals surface area contributed by atoms with Gasteiger partial charge in [0.25, 0.3) is 0 Å². The molecule has 4 aliphatic carbocycles. The van der Waals surface area contributed by atoms with Crippen LogP contribution in [-0.4, -0.2) is 140 Å². The number of rotatable bonds is 7. The molecule has 5 fully saturated rings. The van der Waals surface area contributed by atoms with E-state index in [9.17, 15) is 45.6 Å². The first kappa shape index (κ1) is 35.9. The average molecular weight is 697 g/mol. The van der Waals surface area contributed by atoms with E-state index in [1.54, 1.807) is 6.08 Å². The van der Waals surface area contributed by atoms with Crippen molar-refractivity contribution in [1.29, 1.82) is 0 Å². The SMILES string of the molecule is C[C@@]12CC[C@H](O[C@@H]3O[C@H](CO)[C@@H](O)[C@H](O)[C@H]3O[C@@H]3O[C@H](CO)[C@@H](O)[C@H](O)[C@H]3O)CC1=CC[C@@H]1[C@@H]2CC[C@]2(C)[C@H](C3=CC(=O)OC3)CC[C@@]12O. The second-order valence-corrected chi connectivity index (χ2v) is 15.9. The highest BCUT2D eigenvalue weighted by molar-refractivity contribution is 5.85. The van der Waals surface area contributed by atoms with Gasteiger partial charge in [0, 0.05) is 11.5 Å². The van der Waals surface area contributed by atoms with Crippen molar-refractivity contribution in [3.63, 3.8) is 0 Å². The molecule has 2 saturated heterocycles. The van der Waals surface area contributed by atoms with Gasteiger partial charge in [-0.3, -0.25) is 0 Å². The number of carbonyl (C=O) groups is 1. The Morgan fingerprint density at radius 2 is 1.51 bits per heavy atom. The Kier molecular flexibility index (Phi) is 9.62. The van der Waals surface area contributed by atoms with Gasteiger partial charge in [-0.25, -0.2) is 4.79 Å². The summed E-state index contributed by atoms with van der Waals surface area (Å²) in [6, 6.07) is 0. The molecule has 7 rings (SSSR count). The molecule has 7 aliphatic rings. The second kappa shape index (κ2) is 13.2. The van der Waals surface area contributed by atoms with E-state index in [2.05, 4.69) is 19.9 Å². The van der Waals surface area contributed by atoms with Crippen LogP contribution in [0, 0.1) is 28.6 Å². The molecule has 276 valence electrons. The minimum atomic E-state index is -1.75. The summed E-state index contributed by atoms with van der Waals surface area (Å²) in [7, 11) is 0. The van der Waals surface area contributed by atoms with Crippen LogP contribution >= 0.6 is 0 Å². The normalized spacial score (nSPS) is 52.8. The highest BCUT2D eigenvalue weighted by Crippen LogP contribution is 2.69. The third kappa shape index (κ3) is 5.66. The topological polar surface area (TPSA) is 225 Å². The maximum atomic E-state index is 12.5. The van der Waals surface area contributed by atoms with Crippen LogP contribution in [0.1, 0.15) is 65.2 Å². The van der Waals surface area contributed by atoms with Crippen LogP contribution < -0.4 is 0 Å². The van der Waals surface area contributed by atoms with Gasteiger partial charge in [0.15, 0.2) is 12.6 Å². The molecule has 0 aromatic carbocycles. The number of carbonyl (C=O) groups excluding carboxylic acids is 1. The molecule has 49 heavy (non-hydrogen) atoms. The fraction of sp³-hybridized carbons (Fsp3) is 0.857. The van der Waals surface area contributed by atoms with Crippen molar-refractivity contribution in [2.75, 3.05) is 19.8 Å². The highest BCUT2D eigenvalue weighted by atomic mass is 16.8. The summed E-state index contributed by atoms with van der Waals surface area (Å²) in [5.41, 5.74) is 0.835. The number of hydrogen-bond donors (Lipinski definition) is 8. The molecular formula is C35H52O14. The number of fused-ring (bicyclic) bond motifs is 5. The molecule has 0 amide bonds. The van der Waals surface area contributed by atoms with E-state index < -0.39 is 80.2 Å². The first-order chi connectivity index (χ1) is 23.3. The van der Waals surface area contributed by atoms with E-state index in [1.165, 1.54) is 5.57 Å². The molecule has 3 aliphatic heterocycles. The average Bonchev–Trinajstić information content (AvgIpc) is 3.63. The Morgan fingerprint density at radius 1 is 0.816 bits per heavy atom. The quantitative estimate of drug-likeness (QED) is 0.120. The molecular weight excluding hydrogens is 644 g/mol. The number of ether oxygens (including phenoxy) is 5. The fourth-order valence-corrected chi connectivity index (χ4v) is 10.7. The number of esters is 1. The van der Waals surface area contributed by atoms with E-state index in [4.69, 9.17) is 23.7 Å². The lowest BCUT2D eigenvalue weighted by atomic mass is 9.45. The zero-order chi connectivity index (χ0) is 35.0. The van der Waals surface area contributed by atoms with Crippen molar-refractivity contribution in [2.24, 2.45) is 28.6 Å². The summed E-state index contributed by atoms with van der Waals surface area (Å²) in [5, 5.41) is 84.7. The number of aliphatic hydroxyl groups excluding tert-OH is 7. The summed E-state index contributed by atoms with van der Waals surface area (Å²) in [5.74, 6) is 0.130. The third-order valence-corrected chi connectivity index (χ3v) is 13.7. The Morgan fingerprint density at radius 3 is 2.18 bits per heavy atom. The molecule has 14 nitrogen and oxygen atoms in total. The smallest absolute Gasteiger partial charge is 0.331 e. The Labute approximate surface area is 285 Å². The number of aliphatic hydroxyl groups is 8. The number of hydrogen-bond acceptors (Lipinski definition) is 14. The molecule has 0 bridgehead atoms. The Bertz CT molecular complexity index is 1320. The van der Waals surface area contributed by atoms with Crippen LogP contribution in [0.3, 0.4) is 0 Å². The Balaban J connectivity index is 1.07. The number of cyclic esters (lactones) is 1. The van der Waals surface area contributed by atoms with Gasteiger partial charge in [0.2, 0.25) is 0 Å². The zero-order valence-electron chi connectivity index (χ0n) is 28.0. The lowest BCUT2D eigenvalue weighted by molar-refractivity contribution is -0.372. The molecule has 0 aromatic heterocycles. The van der Waals surface area contributed by atoms with E-state index in [0.717, 1.165) is 37.7 Å². The van der Waals surface area contributed by atoms with Crippen LogP contribution in [0.2, 0.25) is 0 Å². The molecule has 0 aromatic rings. The van der Waals surface area contributed by atoms with Crippen molar-refractivity contribution in [3.05, 3.63) is 23.3 Å². The monoisotopic (exact) mass is 696 g/mol. The fourth-order valence-electron chi connectivity index (χ4n) is 10.7. The van der Waals surface area contributed by atoms with Gasteiger partial charge in [-0.05, 0) is 80.1 Å². The van der Waals surface area contributed by atoms with E-state index in [-0.39, 0.29) is 40.7 Å². The molecule has 0 unspecified atom stereocenters. The minimum absolute atomic E-state index is 0.0704. The highest BCUT2D eigenvalue weighted by Gasteiger charge is 2.67. The standard InChI is InChI=1S/C35H52O14/c1-33-8-5-18(46-32-30(28(42)26(40)23(14-37)48-32)49-31-29(43)27(41)25(39)22(13-36)47-31)12-17(33)3-4-21-20(33)6-9-34(2)19(7-10-35(21,34)44)16-11-24(38)45-15-16/h3,11,18-23,25-32,36-37,39-44H,4-10,12-15H2,1-2H3/t18-,19-,20-,21+,22+,23+,25+,26+,27-,28-,29+,30+,31-,32+,33+,34+,35+/m0/s1. The predicted molar refractivity (Wildman–Crippen MR) is 167 cm³/mol. The summed E-state index contributed by atoms with van der Waals surface area (Å²) >= 11 is 0. The van der Waals surface area contributed by atoms with E-state index in [0.29, 0.717) is 25.9 Å². The van der Waals surface area contributed by atoms with Gasteiger partial charge in [0.05, 0.1) is 24.9 Å². The van der Waals surface area contributed by atoms with Crippen molar-refractivity contribution in [2.45, 2.75) is 138 Å². The van der Waals surface area contributed by atoms with E-state index >= 15 is 0 Å². The van der Waals surface area contributed by atoms with Gasteiger partial charge < -0.3 is 64.5 Å². The van der Waals surface area contributed by atoms with Crippen LogP contribution in [0.5, 0.6) is 0 Å². The molecule has 3 heterocycles. The molecule has 0 radical (unpaired) electrons. The molecule has 0 spiro atoms. The van der Waals surface area contributed by atoms with Gasteiger partial charge in [-0.1, -0.05) is 25.5 Å². The molecule has 8 N–H and O–H groups in total. The van der Waals surface area contributed by atoms with Crippen LogP contribution in [0.25, 0.3) is 0 Å². The zero-order valence-corrected chi connectivity index (χ0v) is 28.0. The summed E-state index contributed by atoms with van der Waals surface area (Å²) < 4.78 is 28.9. The largest absolute Gasteiger partial charge is 0.458 e. The lowest BCUT2D eigenvalue weighted by Crippen LogP contribution is -2.65. The molecule has 17 atom stereocenters. The van der Waals surface area contributed by atoms with Crippen molar-refractivity contribution in [3.8, 4) is 0 Å².